The molecule has 126 valence electrons. The molecule has 0 unspecified atom stereocenters. The van der Waals surface area contributed by atoms with Gasteiger partial charge in [0.1, 0.15) is 12.9 Å². The molecule has 1 fully saturated rings. The van der Waals surface area contributed by atoms with Gasteiger partial charge >= 0.3 is 6.09 Å². The summed E-state index contributed by atoms with van der Waals surface area (Å²) in [5.74, 6) is 0. The third-order valence-electron chi connectivity index (χ3n) is 4.57. The van der Waals surface area contributed by atoms with Crippen molar-refractivity contribution in [3.05, 3.63) is 12.7 Å². The molecule has 22 heavy (non-hydrogen) atoms. The Kier molecular flexibility index (Phi) is 6.37. The van der Waals surface area contributed by atoms with Crippen LogP contribution in [-0.4, -0.2) is 50.9 Å². The number of rotatable bonds is 6. The number of aldehydes is 1. The number of carbonyl (C=O) groups is 2. The summed E-state index contributed by atoms with van der Waals surface area (Å²) in [5, 5.41) is 0.115. The standard InChI is InChI=1S/C16H29NO4Si/c1-7-10-20-15(19)17-12-14(11-13(17)8-9-18)21-22(5,6)16(2,3)4/h7,9,13-14H,1,8,10-12H2,2-6H3/t13-,14-/m1/s1. The van der Waals surface area contributed by atoms with Crippen molar-refractivity contribution in [2.45, 2.75) is 63.9 Å². The van der Waals surface area contributed by atoms with Gasteiger partial charge in [-0.05, 0) is 24.6 Å². The molecule has 1 amide bonds. The van der Waals surface area contributed by atoms with Crippen LogP contribution in [0.1, 0.15) is 33.6 Å². The van der Waals surface area contributed by atoms with E-state index in [1.165, 1.54) is 6.08 Å². The number of ether oxygens (including phenoxy) is 1. The molecular formula is C16H29NO4Si. The first kappa shape index (κ1) is 18.9. The third-order valence-corrected chi connectivity index (χ3v) is 9.11. The third kappa shape index (κ3) is 4.68. The Balaban J connectivity index is 2.75. The number of nitrogens with zero attached hydrogens (tertiary/aromatic N) is 1. The maximum absolute atomic E-state index is 12.1. The van der Waals surface area contributed by atoms with Gasteiger partial charge < -0.3 is 18.9 Å². The van der Waals surface area contributed by atoms with Gasteiger partial charge in [0.2, 0.25) is 0 Å². The van der Waals surface area contributed by atoms with Crippen LogP contribution < -0.4 is 0 Å². The van der Waals surface area contributed by atoms with Crippen LogP contribution in [0.5, 0.6) is 0 Å². The van der Waals surface area contributed by atoms with Crippen molar-refractivity contribution in [2.24, 2.45) is 0 Å². The molecule has 0 aromatic heterocycles. The molecule has 0 saturated carbocycles. The minimum Gasteiger partial charge on any atom is -0.445 e. The molecule has 1 saturated heterocycles. The zero-order valence-corrected chi connectivity index (χ0v) is 15.4. The minimum absolute atomic E-state index is 0.0258. The molecule has 1 heterocycles. The largest absolute Gasteiger partial charge is 0.445 e. The van der Waals surface area contributed by atoms with E-state index in [1.807, 2.05) is 0 Å². The van der Waals surface area contributed by atoms with Gasteiger partial charge in [-0.15, -0.1) is 0 Å². The minimum atomic E-state index is -1.90. The molecule has 1 aliphatic rings. The number of hydrogen-bond donors (Lipinski definition) is 0. The van der Waals surface area contributed by atoms with Gasteiger partial charge in [0.15, 0.2) is 8.32 Å². The Bertz CT molecular complexity index is 417. The average Bonchev–Trinajstić information content (AvgIpc) is 2.77. The van der Waals surface area contributed by atoms with Crippen LogP contribution in [0.25, 0.3) is 0 Å². The fourth-order valence-electron chi connectivity index (χ4n) is 2.32. The summed E-state index contributed by atoms with van der Waals surface area (Å²) in [6.07, 6.45) is 2.98. The van der Waals surface area contributed by atoms with Crippen LogP contribution in [0.3, 0.4) is 0 Å². The van der Waals surface area contributed by atoms with Crippen molar-refractivity contribution < 1.29 is 18.8 Å². The first-order chi connectivity index (χ1) is 10.1. The average molecular weight is 327 g/mol. The number of likely N-dealkylation sites (tertiary alicyclic amines) is 1. The highest BCUT2D eigenvalue weighted by Crippen LogP contribution is 2.39. The van der Waals surface area contributed by atoms with Crippen LogP contribution in [0.15, 0.2) is 12.7 Å². The summed E-state index contributed by atoms with van der Waals surface area (Å²) in [6, 6.07) is -0.135. The van der Waals surface area contributed by atoms with E-state index >= 15 is 0 Å². The Morgan fingerprint density at radius 2 is 2.05 bits per heavy atom. The SMILES string of the molecule is C=CCOC(=O)N1C[C@H](O[Si](C)(C)C(C)(C)C)C[C@H]1CC=O. The molecule has 1 aliphatic heterocycles. The monoisotopic (exact) mass is 327 g/mol. The van der Waals surface area contributed by atoms with Crippen molar-refractivity contribution >= 4 is 20.7 Å². The molecule has 1 rings (SSSR count). The van der Waals surface area contributed by atoms with Crippen molar-refractivity contribution in [1.82, 2.24) is 4.90 Å². The van der Waals surface area contributed by atoms with Gasteiger partial charge in [0.05, 0.1) is 6.10 Å². The van der Waals surface area contributed by atoms with Gasteiger partial charge in [-0.3, -0.25) is 0 Å². The summed E-state index contributed by atoms with van der Waals surface area (Å²) >= 11 is 0. The van der Waals surface area contributed by atoms with E-state index in [9.17, 15) is 9.59 Å². The Labute approximate surface area is 134 Å². The van der Waals surface area contributed by atoms with Crippen LogP contribution in [-0.2, 0) is 14.0 Å². The molecule has 6 heteroatoms. The molecule has 0 aliphatic carbocycles. The van der Waals surface area contributed by atoms with Crippen LogP contribution in [0.2, 0.25) is 18.1 Å². The second-order valence-corrected chi connectivity index (χ2v) is 12.1. The van der Waals surface area contributed by atoms with Crippen molar-refractivity contribution in [1.29, 1.82) is 0 Å². The smallest absolute Gasteiger partial charge is 0.410 e. The highest BCUT2D eigenvalue weighted by Gasteiger charge is 2.43. The molecule has 5 nitrogen and oxygen atoms in total. The van der Waals surface area contributed by atoms with E-state index in [1.54, 1.807) is 4.90 Å². The molecule has 0 aromatic rings. The van der Waals surface area contributed by atoms with Crippen LogP contribution in [0, 0.1) is 0 Å². The summed E-state index contributed by atoms with van der Waals surface area (Å²) in [7, 11) is -1.90. The Morgan fingerprint density at radius 3 is 2.55 bits per heavy atom. The lowest BCUT2D eigenvalue weighted by atomic mass is 10.1. The Morgan fingerprint density at radius 1 is 1.41 bits per heavy atom. The summed E-state index contributed by atoms with van der Waals surface area (Å²) in [5.41, 5.74) is 0. The maximum atomic E-state index is 12.1. The van der Waals surface area contributed by atoms with Gasteiger partial charge in [-0.2, -0.15) is 0 Å². The van der Waals surface area contributed by atoms with Crippen molar-refractivity contribution in [3.63, 3.8) is 0 Å². The van der Waals surface area contributed by atoms with Crippen LogP contribution >= 0.6 is 0 Å². The van der Waals surface area contributed by atoms with E-state index in [0.717, 1.165) is 6.29 Å². The predicted molar refractivity (Wildman–Crippen MR) is 89.4 cm³/mol. The summed E-state index contributed by atoms with van der Waals surface area (Å²) in [6.45, 7) is 15.2. The first-order valence-electron chi connectivity index (χ1n) is 7.78. The lowest BCUT2D eigenvalue weighted by molar-refractivity contribution is -0.108. The predicted octanol–water partition coefficient (Wildman–Crippen LogP) is 3.36. The van der Waals surface area contributed by atoms with E-state index in [0.29, 0.717) is 19.4 Å². The van der Waals surface area contributed by atoms with Gasteiger partial charge in [-0.1, -0.05) is 33.4 Å². The highest BCUT2D eigenvalue weighted by molar-refractivity contribution is 6.74. The molecule has 2 atom stereocenters. The molecule has 0 bridgehead atoms. The Hall–Kier alpha value is -1.14. The fourth-order valence-corrected chi connectivity index (χ4v) is 3.68. The lowest BCUT2D eigenvalue weighted by Crippen LogP contribution is -2.44. The fraction of sp³-hybridized carbons (Fsp3) is 0.750. The van der Waals surface area contributed by atoms with Crippen molar-refractivity contribution in [3.8, 4) is 0 Å². The number of hydrogen-bond acceptors (Lipinski definition) is 4. The second kappa shape index (κ2) is 7.42. The van der Waals surface area contributed by atoms with E-state index < -0.39 is 14.4 Å². The first-order valence-corrected chi connectivity index (χ1v) is 10.7. The van der Waals surface area contributed by atoms with Crippen molar-refractivity contribution in [2.75, 3.05) is 13.2 Å². The van der Waals surface area contributed by atoms with E-state index in [2.05, 4.69) is 40.4 Å². The van der Waals surface area contributed by atoms with E-state index in [4.69, 9.17) is 9.16 Å². The quantitative estimate of drug-likeness (QED) is 0.426. The van der Waals surface area contributed by atoms with Crippen LogP contribution in [0.4, 0.5) is 4.79 Å². The topological polar surface area (TPSA) is 55.8 Å². The number of amides is 1. The van der Waals surface area contributed by atoms with Gasteiger partial charge in [0.25, 0.3) is 0 Å². The molecule has 0 aromatic carbocycles. The lowest BCUT2D eigenvalue weighted by Gasteiger charge is -2.38. The number of carbonyl (C=O) groups excluding carboxylic acids is 2. The summed E-state index contributed by atoms with van der Waals surface area (Å²) in [4.78, 5) is 24.6. The summed E-state index contributed by atoms with van der Waals surface area (Å²) < 4.78 is 11.5. The maximum Gasteiger partial charge on any atom is 0.410 e. The normalized spacial score (nSPS) is 22.5. The van der Waals surface area contributed by atoms with Gasteiger partial charge in [-0.25, -0.2) is 4.79 Å². The molecular weight excluding hydrogens is 298 g/mol. The molecule has 0 N–H and O–H groups in total. The zero-order chi connectivity index (χ0) is 17.0. The second-order valence-electron chi connectivity index (χ2n) is 7.31. The van der Waals surface area contributed by atoms with Gasteiger partial charge in [0, 0.05) is 19.0 Å². The molecule has 0 spiro atoms. The zero-order valence-electron chi connectivity index (χ0n) is 14.4. The van der Waals surface area contributed by atoms with E-state index in [-0.39, 0.29) is 23.8 Å². The highest BCUT2D eigenvalue weighted by atomic mass is 28.4. The molecule has 0 radical (unpaired) electrons.